The lowest BCUT2D eigenvalue weighted by molar-refractivity contribution is 0.219. The van der Waals surface area contributed by atoms with Crippen molar-refractivity contribution in [2.24, 2.45) is 5.11 Å². The molecule has 0 amide bonds. The number of azide groups is 1. The van der Waals surface area contributed by atoms with Crippen LogP contribution in [0.2, 0.25) is 0 Å². The molecular weight excluding hydrogens is 377 g/mol. The van der Waals surface area contributed by atoms with Gasteiger partial charge in [0.1, 0.15) is 0 Å². The third kappa shape index (κ3) is 10.1. The van der Waals surface area contributed by atoms with Crippen molar-refractivity contribution in [3.05, 3.63) is 57.7 Å². The molecule has 0 bridgehead atoms. The van der Waals surface area contributed by atoms with E-state index in [0.717, 1.165) is 18.1 Å². The fourth-order valence-corrected chi connectivity index (χ4v) is 3.47. The maximum atomic E-state index is 11.1. The Hall–Kier alpha value is -1.62. The Labute approximate surface area is 167 Å². The smallest absolute Gasteiger partial charge is 0.348 e. The second-order valence-electron chi connectivity index (χ2n) is 7.19. The van der Waals surface area contributed by atoms with Crippen LogP contribution in [-0.2, 0) is 17.4 Å². The van der Waals surface area contributed by atoms with Gasteiger partial charge in [0.2, 0.25) is 0 Å². The quantitative estimate of drug-likeness (QED) is 0.127. The average Bonchev–Trinajstić information content (AvgIpc) is 2.67. The lowest BCUT2D eigenvalue weighted by Crippen LogP contribution is -2.28. The second-order valence-corrected chi connectivity index (χ2v) is 8.67. The fraction of sp³-hybridized carbons (Fsp3) is 0.600. The Kier molecular flexibility index (Phi) is 11.1. The van der Waals surface area contributed by atoms with Gasteiger partial charge in [-0.1, -0.05) is 74.5 Å². The molecule has 0 aromatic heterocycles. The molecule has 0 radical (unpaired) electrons. The molecule has 0 aliphatic heterocycles. The van der Waals surface area contributed by atoms with Crippen molar-refractivity contribution in [2.45, 2.75) is 70.3 Å². The molecule has 1 aromatic carbocycles. The fourth-order valence-electron chi connectivity index (χ4n) is 3.00. The van der Waals surface area contributed by atoms with E-state index in [4.69, 9.17) is 15.3 Å². The molecule has 1 aromatic rings. The Morgan fingerprint density at radius 2 is 1.64 bits per heavy atom. The highest BCUT2D eigenvalue weighted by atomic mass is 31.2. The maximum Gasteiger partial charge on any atom is 0.348 e. The van der Waals surface area contributed by atoms with E-state index in [-0.39, 0.29) is 6.42 Å². The molecule has 0 saturated heterocycles. The van der Waals surface area contributed by atoms with Gasteiger partial charge in [-0.15, -0.1) is 0 Å². The first-order valence-corrected chi connectivity index (χ1v) is 11.5. The number of hydrogen-bond donors (Lipinski definition) is 3. The van der Waals surface area contributed by atoms with Crippen LogP contribution in [0, 0.1) is 0 Å². The van der Waals surface area contributed by atoms with Crippen molar-refractivity contribution in [3.8, 4) is 0 Å². The van der Waals surface area contributed by atoms with Gasteiger partial charge in [0.15, 0.2) is 0 Å². The minimum Gasteiger partial charge on any atom is -0.395 e. The molecule has 1 atom stereocenters. The molecule has 3 N–H and O–H groups in total. The van der Waals surface area contributed by atoms with E-state index in [0.29, 0.717) is 12.2 Å². The number of hydrogen-bond acceptors (Lipinski definition) is 3. The van der Waals surface area contributed by atoms with Gasteiger partial charge < -0.3 is 14.9 Å². The van der Waals surface area contributed by atoms with E-state index in [2.05, 4.69) is 29.1 Å². The first-order chi connectivity index (χ1) is 13.3. The van der Waals surface area contributed by atoms with Gasteiger partial charge in [-0.25, -0.2) is 0 Å². The molecule has 0 fully saturated rings. The number of benzene rings is 1. The lowest BCUT2D eigenvalue weighted by atomic mass is 9.92. The highest BCUT2D eigenvalue weighted by Gasteiger charge is 2.26. The Balaban J connectivity index is 2.60. The highest BCUT2D eigenvalue weighted by molar-refractivity contribution is 7.55. The van der Waals surface area contributed by atoms with E-state index in [1.807, 2.05) is 12.1 Å². The monoisotopic (exact) mass is 409 g/mol. The van der Waals surface area contributed by atoms with Gasteiger partial charge in [-0.3, -0.25) is 4.57 Å². The van der Waals surface area contributed by atoms with Crippen LogP contribution in [0.4, 0.5) is 0 Å². The van der Waals surface area contributed by atoms with Crippen LogP contribution in [0.1, 0.15) is 63.0 Å². The molecule has 156 valence electrons. The zero-order valence-corrected chi connectivity index (χ0v) is 17.5. The van der Waals surface area contributed by atoms with Gasteiger partial charge in [0, 0.05) is 10.7 Å². The molecule has 1 rings (SSSR count). The first kappa shape index (κ1) is 24.4. The lowest BCUT2D eigenvalue weighted by Gasteiger charge is -2.22. The summed E-state index contributed by atoms with van der Waals surface area (Å²) in [5.41, 5.74) is 9.70. The summed E-state index contributed by atoms with van der Waals surface area (Å²) in [5, 5.41) is 13.2. The van der Waals surface area contributed by atoms with Crippen molar-refractivity contribution < 1.29 is 19.5 Å². The molecule has 0 spiro atoms. The predicted molar refractivity (Wildman–Crippen MR) is 112 cm³/mol. The standard InChI is InChI=1S/C20H32N3O4P/c1-2-3-4-5-6-7-8-18-9-11-19(12-10-18)13-14-20(17-24,22-23-21)15-16-28(25,26)27/h9-12,15-16,24H,2-8,13-14,17H2,1H3,(H2,25,26,27). The topological polar surface area (TPSA) is 127 Å². The predicted octanol–water partition coefficient (Wildman–Crippen LogP) is 5.26. The summed E-state index contributed by atoms with van der Waals surface area (Å²) in [6.07, 6.45) is 10.5. The average molecular weight is 409 g/mol. The minimum absolute atomic E-state index is 0.251. The summed E-state index contributed by atoms with van der Waals surface area (Å²) in [4.78, 5) is 20.7. The molecule has 0 heterocycles. The van der Waals surface area contributed by atoms with Crippen molar-refractivity contribution in [1.29, 1.82) is 0 Å². The van der Waals surface area contributed by atoms with Crippen LogP contribution in [0.3, 0.4) is 0 Å². The number of aliphatic hydroxyl groups excluding tert-OH is 1. The van der Waals surface area contributed by atoms with Crippen LogP contribution < -0.4 is 0 Å². The van der Waals surface area contributed by atoms with E-state index < -0.39 is 19.7 Å². The summed E-state index contributed by atoms with van der Waals surface area (Å²) in [7, 11) is -4.40. The summed E-state index contributed by atoms with van der Waals surface area (Å²) < 4.78 is 11.1. The molecule has 0 saturated carbocycles. The number of aryl methyl sites for hydroxylation is 2. The van der Waals surface area contributed by atoms with Crippen molar-refractivity contribution in [3.63, 3.8) is 0 Å². The largest absolute Gasteiger partial charge is 0.395 e. The van der Waals surface area contributed by atoms with Crippen LogP contribution in [0.5, 0.6) is 0 Å². The second kappa shape index (κ2) is 12.8. The number of unbranched alkanes of at least 4 members (excludes halogenated alkanes) is 5. The van der Waals surface area contributed by atoms with Gasteiger partial charge in [-0.05, 0) is 42.3 Å². The van der Waals surface area contributed by atoms with Crippen LogP contribution in [0.25, 0.3) is 10.4 Å². The highest BCUT2D eigenvalue weighted by Crippen LogP contribution is 2.38. The molecule has 28 heavy (non-hydrogen) atoms. The van der Waals surface area contributed by atoms with Crippen LogP contribution in [0.15, 0.2) is 41.3 Å². The summed E-state index contributed by atoms with van der Waals surface area (Å²) in [6.45, 7) is 1.69. The maximum absolute atomic E-state index is 11.1. The minimum atomic E-state index is -4.40. The van der Waals surface area contributed by atoms with Crippen molar-refractivity contribution in [1.82, 2.24) is 0 Å². The van der Waals surface area contributed by atoms with Crippen molar-refractivity contribution >= 4 is 7.60 Å². The zero-order chi connectivity index (χ0) is 20.9. The van der Waals surface area contributed by atoms with Gasteiger partial charge in [0.25, 0.3) is 0 Å². The molecule has 7 nitrogen and oxygen atoms in total. The van der Waals surface area contributed by atoms with E-state index >= 15 is 0 Å². The third-order valence-electron chi connectivity index (χ3n) is 4.79. The van der Waals surface area contributed by atoms with Gasteiger partial charge in [-0.2, -0.15) is 0 Å². The first-order valence-electron chi connectivity index (χ1n) is 9.85. The molecule has 0 aliphatic rings. The summed E-state index contributed by atoms with van der Waals surface area (Å²) in [6, 6.07) is 8.19. The molecule has 0 aliphatic carbocycles. The number of rotatable bonds is 14. The zero-order valence-electron chi connectivity index (χ0n) is 16.6. The Bertz CT molecular complexity index is 696. The van der Waals surface area contributed by atoms with E-state index in [1.54, 1.807) is 0 Å². The SMILES string of the molecule is CCCCCCCCc1ccc(CCC(C=CP(=O)(O)O)(CO)N=[N+]=[N-])cc1. The Morgan fingerprint density at radius 1 is 1.07 bits per heavy atom. The molecule has 1 unspecified atom stereocenters. The van der Waals surface area contributed by atoms with E-state index in [1.165, 1.54) is 44.1 Å². The van der Waals surface area contributed by atoms with E-state index in [9.17, 15) is 9.67 Å². The third-order valence-corrected chi connectivity index (χ3v) is 5.32. The number of nitrogens with zero attached hydrogens (tertiary/aromatic N) is 3. The van der Waals surface area contributed by atoms with Crippen molar-refractivity contribution in [2.75, 3.05) is 6.61 Å². The van der Waals surface area contributed by atoms with Gasteiger partial charge in [0.05, 0.1) is 12.1 Å². The molecule has 8 heteroatoms. The summed E-state index contributed by atoms with van der Waals surface area (Å²) in [5.74, 6) is 0.682. The van der Waals surface area contributed by atoms with Crippen LogP contribution >= 0.6 is 7.60 Å². The van der Waals surface area contributed by atoms with Gasteiger partial charge >= 0.3 is 7.60 Å². The molecular formula is C20H32N3O4P. The normalized spacial score (nSPS) is 14.0. The Morgan fingerprint density at radius 3 is 2.18 bits per heavy atom. The van der Waals surface area contributed by atoms with Crippen LogP contribution in [-0.4, -0.2) is 27.0 Å². The number of aliphatic hydroxyl groups is 1. The summed E-state index contributed by atoms with van der Waals surface area (Å²) >= 11 is 0.